The van der Waals surface area contributed by atoms with E-state index in [1.54, 1.807) is 49.4 Å². The second-order valence-corrected chi connectivity index (χ2v) is 9.65. The summed E-state index contributed by atoms with van der Waals surface area (Å²) in [5.41, 5.74) is 3.02. The molecule has 188 valence electrons. The van der Waals surface area contributed by atoms with Gasteiger partial charge in [0.05, 0.1) is 40.5 Å². The fourth-order valence-electron chi connectivity index (χ4n) is 3.68. The molecule has 2 aromatic carbocycles. The first-order chi connectivity index (χ1) is 17.3. The number of hydrogen-bond donors (Lipinski definition) is 2. The summed E-state index contributed by atoms with van der Waals surface area (Å²) in [6.07, 6.45) is 0. The van der Waals surface area contributed by atoms with E-state index >= 15 is 0 Å². The van der Waals surface area contributed by atoms with Crippen molar-refractivity contribution in [3.8, 4) is 6.07 Å². The zero-order valence-corrected chi connectivity index (χ0v) is 22.3. The third kappa shape index (κ3) is 6.42. The highest BCUT2D eigenvalue weighted by atomic mass is 35.5. The average Bonchev–Trinajstić information content (AvgIpc) is 2.85. The van der Waals surface area contributed by atoms with Crippen molar-refractivity contribution in [1.82, 2.24) is 5.32 Å². The Bertz CT molecular complexity index is 1270. The summed E-state index contributed by atoms with van der Waals surface area (Å²) in [6, 6.07) is 14.5. The Hall–Kier alpha value is -2.96. The predicted molar refractivity (Wildman–Crippen MR) is 143 cm³/mol. The van der Waals surface area contributed by atoms with Crippen LogP contribution in [0.5, 0.6) is 0 Å². The van der Waals surface area contributed by atoms with Gasteiger partial charge in [-0.1, -0.05) is 59.2 Å². The second-order valence-electron chi connectivity index (χ2n) is 7.85. The molecule has 36 heavy (non-hydrogen) atoms. The molecule has 0 radical (unpaired) electrons. The molecule has 3 rings (SSSR count). The highest BCUT2D eigenvalue weighted by molar-refractivity contribution is 8.03. The SMILES string of the molecule is COCCOC(=O)C1=C(C)NC(SCC(=O)Nc2cccc(Cl)c2C)=C(C#N)[C@@H]1c1ccccc1Cl. The molecule has 0 spiro atoms. The number of methoxy groups -OCH3 is 1. The van der Waals surface area contributed by atoms with Crippen molar-refractivity contribution >= 4 is 52.5 Å². The number of allylic oxidation sites excluding steroid dienone is 2. The van der Waals surface area contributed by atoms with Crippen LogP contribution in [0, 0.1) is 18.3 Å². The molecular formula is C26H25Cl2N3O4S. The molecule has 0 fully saturated rings. The van der Waals surface area contributed by atoms with Gasteiger partial charge in [0, 0.05) is 28.5 Å². The van der Waals surface area contributed by atoms with Gasteiger partial charge in [0.1, 0.15) is 6.61 Å². The standard InChI is InChI=1S/C26H25Cl2N3O4S/c1-15-19(27)9-6-10-21(15)31-22(32)14-36-25-18(13-29)24(17-7-4-5-8-20(17)28)23(16(2)30-25)26(33)35-12-11-34-3/h4-10,24,30H,11-12,14H2,1-3H3,(H,31,32)/t24-/m0/s1. The van der Waals surface area contributed by atoms with Gasteiger partial charge < -0.3 is 20.1 Å². The normalized spacial score (nSPS) is 15.3. The number of carbonyl (C=O) groups is 2. The zero-order valence-electron chi connectivity index (χ0n) is 20.0. The maximum Gasteiger partial charge on any atom is 0.336 e. The molecule has 1 aliphatic heterocycles. The molecule has 0 saturated carbocycles. The Morgan fingerprint density at radius 1 is 1.11 bits per heavy atom. The fourth-order valence-corrected chi connectivity index (χ4v) is 4.99. The van der Waals surface area contributed by atoms with Crippen LogP contribution in [0.4, 0.5) is 5.69 Å². The summed E-state index contributed by atoms with van der Waals surface area (Å²) in [5.74, 6) is -1.58. The summed E-state index contributed by atoms with van der Waals surface area (Å²) in [7, 11) is 1.51. The number of ether oxygens (including phenoxy) is 2. The number of rotatable bonds is 9. The van der Waals surface area contributed by atoms with E-state index in [9.17, 15) is 14.9 Å². The molecule has 0 saturated heterocycles. The van der Waals surface area contributed by atoms with Crippen molar-refractivity contribution in [2.75, 3.05) is 31.4 Å². The molecule has 1 heterocycles. The number of carbonyl (C=O) groups excluding carboxylic acids is 2. The minimum Gasteiger partial charge on any atom is -0.460 e. The van der Waals surface area contributed by atoms with E-state index in [0.717, 1.165) is 17.3 Å². The van der Waals surface area contributed by atoms with Crippen LogP contribution in [0.1, 0.15) is 24.0 Å². The van der Waals surface area contributed by atoms with Crippen molar-refractivity contribution in [3.63, 3.8) is 0 Å². The molecule has 0 aliphatic carbocycles. The highest BCUT2D eigenvalue weighted by Gasteiger charge is 2.36. The lowest BCUT2D eigenvalue weighted by Gasteiger charge is -2.29. The van der Waals surface area contributed by atoms with Crippen molar-refractivity contribution < 1.29 is 19.1 Å². The molecule has 0 unspecified atom stereocenters. The monoisotopic (exact) mass is 545 g/mol. The van der Waals surface area contributed by atoms with Gasteiger partial charge in [0.25, 0.3) is 0 Å². The van der Waals surface area contributed by atoms with Crippen LogP contribution >= 0.6 is 35.0 Å². The lowest BCUT2D eigenvalue weighted by atomic mass is 9.82. The molecule has 0 aromatic heterocycles. The second kappa shape index (κ2) is 12.8. The lowest BCUT2D eigenvalue weighted by molar-refractivity contribution is -0.140. The quantitative estimate of drug-likeness (QED) is 0.314. The smallest absolute Gasteiger partial charge is 0.336 e. The van der Waals surface area contributed by atoms with E-state index in [1.165, 1.54) is 7.11 Å². The maximum atomic E-state index is 13.0. The first-order valence-corrected chi connectivity index (χ1v) is 12.7. The number of nitrogens with zero attached hydrogens (tertiary/aromatic N) is 1. The van der Waals surface area contributed by atoms with E-state index in [2.05, 4.69) is 16.7 Å². The van der Waals surface area contributed by atoms with Crippen molar-refractivity contribution in [2.45, 2.75) is 19.8 Å². The van der Waals surface area contributed by atoms with Crippen LogP contribution in [0.15, 0.2) is 64.3 Å². The van der Waals surface area contributed by atoms with Gasteiger partial charge in [0.2, 0.25) is 5.91 Å². The van der Waals surface area contributed by atoms with Crippen LogP contribution in [-0.4, -0.2) is 38.0 Å². The maximum absolute atomic E-state index is 13.0. The summed E-state index contributed by atoms with van der Waals surface area (Å²) in [6.45, 7) is 3.85. The summed E-state index contributed by atoms with van der Waals surface area (Å²) in [4.78, 5) is 25.7. The Labute approximate surface area is 224 Å². The first-order valence-electron chi connectivity index (χ1n) is 11.0. The van der Waals surface area contributed by atoms with E-state index in [-0.39, 0.29) is 36.0 Å². The lowest BCUT2D eigenvalue weighted by Crippen LogP contribution is -2.30. The van der Waals surface area contributed by atoms with E-state index < -0.39 is 11.9 Å². The molecule has 1 aliphatic rings. The number of nitriles is 1. The van der Waals surface area contributed by atoms with Gasteiger partial charge in [-0.3, -0.25) is 4.79 Å². The van der Waals surface area contributed by atoms with Crippen molar-refractivity contribution in [3.05, 3.63) is 85.5 Å². The average molecular weight is 546 g/mol. The molecule has 0 bridgehead atoms. The number of dihydropyridines is 1. The van der Waals surface area contributed by atoms with Gasteiger partial charge in [-0.2, -0.15) is 5.26 Å². The summed E-state index contributed by atoms with van der Waals surface area (Å²) in [5, 5.41) is 17.5. The molecule has 10 heteroatoms. The number of thioether (sulfide) groups is 1. The first kappa shape index (κ1) is 27.6. The van der Waals surface area contributed by atoms with Crippen LogP contribution in [0.2, 0.25) is 10.0 Å². The van der Waals surface area contributed by atoms with Crippen molar-refractivity contribution in [1.29, 1.82) is 5.26 Å². The Balaban J connectivity index is 1.90. The Kier molecular flexibility index (Phi) is 9.85. The van der Waals surface area contributed by atoms with Gasteiger partial charge in [0.15, 0.2) is 0 Å². The number of esters is 1. The van der Waals surface area contributed by atoms with E-state index in [1.807, 2.05) is 6.92 Å². The van der Waals surface area contributed by atoms with Gasteiger partial charge in [-0.15, -0.1) is 0 Å². The van der Waals surface area contributed by atoms with Gasteiger partial charge in [-0.25, -0.2) is 4.79 Å². The molecule has 2 aromatic rings. The predicted octanol–water partition coefficient (Wildman–Crippen LogP) is 5.56. The minimum atomic E-state index is -0.763. The van der Waals surface area contributed by atoms with Crippen LogP contribution in [0.25, 0.3) is 0 Å². The molecule has 1 amide bonds. The number of halogens is 2. The topological polar surface area (TPSA) is 100 Å². The molecular weight excluding hydrogens is 521 g/mol. The number of hydrogen-bond acceptors (Lipinski definition) is 7. The number of amides is 1. The van der Waals surface area contributed by atoms with Gasteiger partial charge >= 0.3 is 5.97 Å². The van der Waals surface area contributed by atoms with Crippen LogP contribution in [0.3, 0.4) is 0 Å². The molecule has 1 atom stereocenters. The summed E-state index contributed by atoms with van der Waals surface area (Å²) >= 11 is 13.8. The third-order valence-electron chi connectivity index (χ3n) is 5.49. The number of benzene rings is 2. The molecule has 7 nitrogen and oxygen atoms in total. The minimum absolute atomic E-state index is 0.0234. The fraction of sp³-hybridized carbons (Fsp3) is 0.269. The largest absolute Gasteiger partial charge is 0.460 e. The van der Waals surface area contributed by atoms with Crippen LogP contribution in [-0.2, 0) is 19.1 Å². The Morgan fingerprint density at radius 3 is 2.53 bits per heavy atom. The third-order valence-corrected chi connectivity index (χ3v) is 7.26. The number of anilines is 1. The zero-order chi connectivity index (χ0) is 26.2. The summed E-state index contributed by atoms with van der Waals surface area (Å²) < 4.78 is 10.3. The van der Waals surface area contributed by atoms with Crippen LogP contribution < -0.4 is 10.6 Å². The number of nitrogens with one attached hydrogen (secondary N) is 2. The van der Waals surface area contributed by atoms with Gasteiger partial charge in [-0.05, 0) is 43.2 Å². The van der Waals surface area contributed by atoms with E-state index in [4.69, 9.17) is 32.7 Å². The van der Waals surface area contributed by atoms with Crippen molar-refractivity contribution in [2.24, 2.45) is 0 Å². The Morgan fingerprint density at radius 2 is 1.83 bits per heavy atom. The van der Waals surface area contributed by atoms with E-state index in [0.29, 0.717) is 32.0 Å². The molecule has 2 N–H and O–H groups in total. The highest BCUT2D eigenvalue weighted by Crippen LogP contribution is 2.43.